The Morgan fingerprint density at radius 3 is 2.00 bits per heavy atom. The summed E-state index contributed by atoms with van der Waals surface area (Å²) in [7, 11) is 0. The predicted octanol–water partition coefficient (Wildman–Crippen LogP) is 2.56. The third-order valence-electron chi connectivity index (χ3n) is 7.43. The zero-order valence-electron chi connectivity index (χ0n) is 13.6. The quantitative estimate of drug-likeness (QED) is 0.608. The van der Waals surface area contributed by atoms with Crippen LogP contribution in [0.4, 0.5) is 0 Å². The number of carbonyl (C=O) groups excluding carboxylic acids is 2. The minimum Gasteiger partial charge on any atom is -0.273 e. The zero-order valence-corrected chi connectivity index (χ0v) is 13.6. The van der Waals surface area contributed by atoms with Gasteiger partial charge in [0.2, 0.25) is 11.8 Å². The van der Waals surface area contributed by atoms with Gasteiger partial charge in [0.15, 0.2) is 0 Å². The van der Waals surface area contributed by atoms with Crippen LogP contribution in [-0.4, -0.2) is 11.8 Å². The van der Waals surface area contributed by atoms with Crippen LogP contribution >= 0.6 is 0 Å². The maximum Gasteiger partial charge on any atom is 0.244 e. The molecular formula is C19H26N2O2. The number of allylic oxidation sites excluding steroid dienone is 2. The maximum absolute atomic E-state index is 12.8. The van der Waals surface area contributed by atoms with E-state index in [-0.39, 0.29) is 23.1 Å². The Morgan fingerprint density at radius 1 is 0.826 bits per heavy atom. The zero-order chi connectivity index (χ0) is 15.6. The standard InChI is InChI=1S/C19H26N2O2/c22-17(16-7-11-1-2-15(16)6-11)20-21-18(23)19-8-12-3-13(9-19)5-14(4-12)10-19/h1-2,11-16H,3-10H2,(H,20,22)(H,21,23)/t11-,12?,13?,14?,15-,16-,19?/m0/s1. The smallest absolute Gasteiger partial charge is 0.244 e. The largest absolute Gasteiger partial charge is 0.273 e. The summed E-state index contributed by atoms with van der Waals surface area (Å²) >= 11 is 0. The van der Waals surface area contributed by atoms with Crippen molar-refractivity contribution in [1.82, 2.24) is 10.9 Å². The maximum atomic E-state index is 12.8. The van der Waals surface area contributed by atoms with Crippen molar-refractivity contribution in [3.63, 3.8) is 0 Å². The van der Waals surface area contributed by atoms with E-state index in [9.17, 15) is 9.59 Å². The molecule has 4 nitrogen and oxygen atoms in total. The van der Waals surface area contributed by atoms with Gasteiger partial charge in [-0.15, -0.1) is 0 Å². The second-order valence-corrected chi connectivity index (χ2v) is 9.03. The van der Waals surface area contributed by atoms with Crippen LogP contribution in [-0.2, 0) is 9.59 Å². The molecule has 6 bridgehead atoms. The van der Waals surface area contributed by atoms with Crippen molar-refractivity contribution in [2.75, 3.05) is 0 Å². The van der Waals surface area contributed by atoms with Crippen LogP contribution in [0.25, 0.3) is 0 Å². The monoisotopic (exact) mass is 314 g/mol. The van der Waals surface area contributed by atoms with E-state index in [0.29, 0.717) is 11.8 Å². The molecule has 6 rings (SSSR count). The van der Waals surface area contributed by atoms with Gasteiger partial charge < -0.3 is 0 Å². The van der Waals surface area contributed by atoms with Crippen molar-refractivity contribution < 1.29 is 9.59 Å². The van der Waals surface area contributed by atoms with E-state index >= 15 is 0 Å². The van der Waals surface area contributed by atoms with E-state index in [4.69, 9.17) is 0 Å². The fourth-order valence-electron chi connectivity index (χ4n) is 6.81. The topological polar surface area (TPSA) is 58.2 Å². The van der Waals surface area contributed by atoms with E-state index in [2.05, 4.69) is 23.0 Å². The highest BCUT2D eigenvalue weighted by Crippen LogP contribution is 2.60. The second-order valence-electron chi connectivity index (χ2n) is 9.03. The fourth-order valence-corrected chi connectivity index (χ4v) is 6.81. The number of fused-ring (bicyclic) bond motifs is 2. The average molecular weight is 314 g/mol. The molecule has 0 heterocycles. The van der Waals surface area contributed by atoms with Crippen molar-refractivity contribution in [1.29, 1.82) is 0 Å². The number of carbonyl (C=O) groups is 2. The van der Waals surface area contributed by atoms with Crippen molar-refractivity contribution in [3.8, 4) is 0 Å². The number of rotatable bonds is 2. The number of amides is 2. The van der Waals surface area contributed by atoms with Crippen LogP contribution in [0.15, 0.2) is 12.2 Å². The van der Waals surface area contributed by atoms with Crippen LogP contribution < -0.4 is 10.9 Å². The molecule has 0 aromatic carbocycles. The Balaban J connectivity index is 1.22. The molecule has 0 aromatic heterocycles. The van der Waals surface area contributed by atoms with E-state index in [0.717, 1.165) is 49.9 Å². The SMILES string of the molecule is O=C(NNC(=O)C12CC3CC(CC(C3)C1)C2)[C@H]1C[C@H]2C=C[C@H]1C2. The van der Waals surface area contributed by atoms with Crippen LogP contribution in [0.2, 0.25) is 0 Å². The van der Waals surface area contributed by atoms with Crippen molar-refractivity contribution >= 4 is 11.8 Å². The molecule has 5 fully saturated rings. The first-order valence-corrected chi connectivity index (χ1v) is 9.40. The van der Waals surface area contributed by atoms with Gasteiger partial charge in [0, 0.05) is 5.92 Å². The normalized spacial score (nSPS) is 48.7. The van der Waals surface area contributed by atoms with Gasteiger partial charge in [-0.1, -0.05) is 12.2 Å². The van der Waals surface area contributed by atoms with Crippen molar-refractivity contribution in [2.24, 2.45) is 40.9 Å². The van der Waals surface area contributed by atoms with Crippen LogP contribution in [0.1, 0.15) is 51.4 Å². The molecule has 0 aliphatic heterocycles. The molecule has 0 spiro atoms. The molecule has 0 radical (unpaired) electrons. The summed E-state index contributed by atoms with van der Waals surface area (Å²) in [5.41, 5.74) is 5.39. The molecule has 6 aliphatic rings. The minimum atomic E-state index is -0.184. The Hall–Kier alpha value is -1.32. The molecule has 0 saturated heterocycles. The van der Waals surface area contributed by atoms with Crippen LogP contribution in [0.5, 0.6) is 0 Å². The molecule has 2 amide bonds. The lowest BCUT2D eigenvalue weighted by Crippen LogP contribution is -2.57. The van der Waals surface area contributed by atoms with Gasteiger partial charge in [0.25, 0.3) is 0 Å². The van der Waals surface area contributed by atoms with Gasteiger partial charge in [-0.2, -0.15) is 0 Å². The first kappa shape index (κ1) is 14.1. The Bertz CT molecular complexity index is 547. The van der Waals surface area contributed by atoms with Gasteiger partial charge >= 0.3 is 0 Å². The van der Waals surface area contributed by atoms with Crippen LogP contribution in [0.3, 0.4) is 0 Å². The lowest BCUT2D eigenvalue weighted by molar-refractivity contribution is -0.149. The first-order chi connectivity index (χ1) is 11.1. The van der Waals surface area contributed by atoms with E-state index in [1.165, 1.54) is 19.3 Å². The third-order valence-corrected chi connectivity index (χ3v) is 7.43. The van der Waals surface area contributed by atoms with Gasteiger partial charge in [-0.25, -0.2) is 0 Å². The molecule has 6 aliphatic carbocycles. The van der Waals surface area contributed by atoms with E-state index in [1.54, 1.807) is 0 Å². The average Bonchev–Trinajstić information content (AvgIpc) is 3.14. The summed E-state index contributed by atoms with van der Waals surface area (Å²) in [5, 5.41) is 0. The fraction of sp³-hybridized carbons (Fsp3) is 0.789. The van der Waals surface area contributed by atoms with Gasteiger partial charge in [-0.05, 0) is 81.0 Å². The molecular weight excluding hydrogens is 288 g/mol. The lowest BCUT2D eigenvalue weighted by atomic mass is 9.49. The summed E-state index contributed by atoms with van der Waals surface area (Å²) in [6.45, 7) is 0. The summed E-state index contributed by atoms with van der Waals surface area (Å²) in [6, 6.07) is 0. The number of hydrazine groups is 1. The molecule has 4 heteroatoms. The molecule has 3 atom stereocenters. The van der Waals surface area contributed by atoms with Gasteiger partial charge in [0.1, 0.15) is 0 Å². The molecule has 0 aromatic rings. The third kappa shape index (κ3) is 2.17. The van der Waals surface area contributed by atoms with Crippen LogP contribution in [0, 0.1) is 40.9 Å². The lowest BCUT2D eigenvalue weighted by Gasteiger charge is -2.55. The number of nitrogens with one attached hydrogen (secondary N) is 2. The highest BCUT2D eigenvalue weighted by Gasteiger charge is 2.54. The summed E-state index contributed by atoms with van der Waals surface area (Å²) in [6.07, 6.45) is 13.6. The molecule has 0 unspecified atom stereocenters. The highest BCUT2D eigenvalue weighted by molar-refractivity contribution is 5.87. The molecule has 124 valence electrons. The van der Waals surface area contributed by atoms with Gasteiger partial charge in [0.05, 0.1) is 5.41 Å². The Morgan fingerprint density at radius 2 is 1.48 bits per heavy atom. The van der Waals surface area contributed by atoms with Crippen molar-refractivity contribution in [3.05, 3.63) is 12.2 Å². The molecule has 5 saturated carbocycles. The molecule has 23 heavy (non-hydrogen) atoms. The summed E-state index contributed by atoms with van der Waals surface area (Å²) < 4.78 is 0. The van der Waals surface area contributed by atoms with Crippen molar-refractivity contribution in [2.45, 2.75) is 51.4 Å². The van der Waals surface area contributed by atoms with Gasteiger partial charge in [-0.3, -0.25) is 20.4 Å². The Labute approximate surface area is 137 Å². The predicted molar refractivity (Wildman–Crippen MR) is 85.7 cm³/mol. The highest BCUT2D eigenvalue weighted by atomic mass is 16.2. The van der Waals surface area contributed by atoms with E-state index in [1.807, 2.05) is 0 Å². The van der Waals surface area contributed by atoms with E-state index < -0.39 is 0 Å². The number of hydrogen-bond donors (Lipinski definition) is 2. The second kappa shape index (κ2) is 4.84. The summed E-state index contributed by atoms with van der Waals surface area (Å²) in [5.74, 6) is 3.37. The molecule has 2 N–H and O–H groups in total. The Kier molecular flexibility index (Phi) is 2.96. The number of hydrogen-bond acceptors (Lipinski definition) is 2. The first-order valence-electron chi connectivity index (χ1n) is 9.40. The minimum absolute atomic E-state index is 0.0138. The summed E-state index contributed by atoms with van der Waals surface area (Å²) in [4.78, 5) is 25.2.